The molecule has 0 amide bonds. The molecule has 0 aromatic carbocycles. The molecule has 0 aromatic rings. The van der Waals surface area contributed by atoms with Gasteiger partial charge in [-0.05, 0) is 20.3 Å². The molecular weight excluding hydrogens is 178 g/mol. The maximum atomic E-state index is 11.9. The molecule has 0 aliphatic carbocycles. The third-order valence-corrected chi connectivity index (χ3v) is 2.93. The first-order chi connectivity index (χ1) is 6.45. The van der Waals surface area contributed by atoms with Crippen LogP contribution in [0.2, 0.25) is 0 Å². The van der Waals surface area contributed by atoms with Crippen LogP contribution in [-0.4, -0.2) is 40.5 Å². The van der Waals surface area contributed by atoms with Crippen molar-refractivity contribution in [3.63, 3.8) is 0 Å². The third-order valence-electron chi connectivity index (χ3n) is 2.93. The number of carbonyl (C=O) groups is 1. The average Bonchev–Trinajstić information content (AvgIpc) is 2.45. The molecule has 1 rings (SSSR count). The van der Waals surface area contributed by atoms with Gasteiger partial charge in [0, 0.05) is 18.5 Å². The molecule has 2 atom stereocenters. The van der Waals surface area contributed by atoms with Crippen LogP contribution in [0.25, 0.3) is 0 Å². The van der Waals surface area contributed by atoms with Crippen molar-refractivity contribution in [2.75, 3.05) is 6.54 Å². The Bertz CT molecular complexity index is 213. The van der Waals surface area contributed by atoms with Gasteiger partial charge in [0.1, 0.15) is 0 Å². The zero-order valence-electron chi connectivity index (χ0n) is 9.53. The minimum absolute atomic E-state index is 0.00833. The number of carbonyl (C=O) groups excluding carboxylic acids is 1. The summed E-state index contributed by atoms with van der Waals surface area (Å²) in [6, 6.07) is 0.0647. The topological polar surface area (TPSA) is 40.5 Å². The molecule has 1 heterocycles. The summed E-state index contributed by atoms with van der Waals surface area (Å²) in [5, 5.41) is 9.77. The van der Waals surface area contributed by atoms with Crippen molar-refractivity contribution < 1.29 is 9.90 Å². The van der Waals surface area contributed by atoms with Gasteiger partial charge in [0.15, 0.2) is 5.78 Å². The predicted molar refractivity (Wildman–Crippen MR) is 56.1 cm³/mol. The highest BCUT2D eigenvalue weighted by Gasteiger charge is 2.39. The van der Waals surface area contributed by atoms with E-state index in [2.05, 4.69) is 18.7 Å². The molecule has 0 spiro atoms. The summed E-state index contributed by atoms with van der Waals surface area (Å²) in [7, 11) is 0. The predicted octanol–water partition coefficient (Wildman–Crippen LogP) is 1.06. The quantitative estimate of drug-likeness (QED) is 0.738. The van der Waals surface area contributed by atoms with Crippen molar-refractivity contribution in [1.82, 2.24) is 4.90 Å². The van der Waals surface area contributed by atoms with E-state index in [0.29, 0.717) is 6.04 Å². The summed E-state index contributed by atoms with van der Waals surface area (Å²) in [5.74, 6) is 0.178. The van der Waals surface area contributed by atoms with Crippen LogP contribution in [0.5, 0.6) is 0 Å². The standard InChI is InChI=1S/C11H21NO2/c1-7(2)11(14)10-9(13)5-6-12(10)8(3)4/h7-10,13H,5-6H2,1-4H3. The number of ketones is 1. The van der Waals surface area contributed by atoms with E-state index in [9.17, 15) is 9.90 Å². The Kier molecular flexibility index (Phi) is 3.67. The highest BCUT2D eigenvalue weighted by Crippen LogP contribution is 2.23. The Hall–Kier alpha value is -0.410. The maximum Gasteiger partial charge on any atom is 0.155 e. The Morgan fingerprint density at radius 1 is 1.36 bits per heavy atom. The number of rotatable bonds is 3. The van der Waals surface area contributed by atoms with Gasteiger partial charge in [-0.25, -0.2) is 0 Å². The first-order valence-corrected chi connectivity index (χ1v) is 5.42. The van der Waals surface area contributed by atoms with Gasteiger partial charge in [0.05, 0.1) is 12.1 Å². The lowest BCUT2D eigenvalue weighted by Crippen LogP contribution is -2.46. The number of hydrogen-bond donors (Lipinski definition) is 1. The fourth-order valence-electron chi connectivity index (χ4n) is 2.07. The van der Waals surface area contributed by atoms with E-state index in [1.54, 1.807) is 0 Å². The fourth-order valence-corrected chi connectivity index (χ4v) is 2.07. The highest BCUT2D eigenvalue weighted by molar-refractivity contribution is 5.86. The van der Waals surface area contributed by atoms with Crippen LogP contribution in [0.3, 0.4) is 0 Å². The Labute approximate surface area is 86.1 Å². The smallest absolute Gasteiger partial charge is 0.155 e. The molecule has 0 bridgehead atoms. The molecular formula is C11H21NO2. The zero-order chi connectivity index (χ0) is 10.9. The minimum atomic E-state index is -0.465. The lowest BCUT2D eigenvalue weighted by Gasteiger charge is -2.29. The number of likely N-dealkylation sites (tertiary alicyclic amines) is 1. The van der Waals surface area contributed by atoms with E-state index in [-0.39, 0.29) is 17.7 Å². The van der Waals surface area contributed by atoms with Crippen molar-refractivity contribution in [3.8, 4) is 0 Å². The molecule has 3 nitrogen and oxygen atoms in total. The molecule has 0 saturated carbocycles. The minimum Gasteiger partial charge on any atom is -0.391 e. The maximum absolute atomic E-state index is 11.9. The van der Waals surface area contributed by atoms with E-state index >= 15 is 0 Å². The van der Waals surface area contributed by atoms with E-state index in [1.165, 1.54) is 0 Å². The Balaban J connectivity index is 2.76. The average molecular weight is 199 g/mol. The van der Waals surface area contributed by atoms with Crippen LogP contribution in [0, 0.1) is 5.92 Å². The lowest BCUT2D eigenvalue weighted by atomic mass is 9.97. The SMILES string of the molecule is CC(C)C(=O)C1C(O)CCN1C(C)C. The summed E-state index contributed by atoms with van der Waals surface area (Å²) in [6.07, 6.45) is 0.258. The number of Topliss-reactive ketones (excluding diaryl/α,β-unsaturated/α-hetero) is 1. The van der Waals surface area contributed by atoms with Gasteiger partial charge in [0.2, 0.25) is 0 Å². The van der Waals surface area contributed by atoms with Gasteiger partial charge in [-0.1, -0.05) is 13.8 Å². The van der Waals surface area contributed by atoms with Gasteiger partial charge >= 0.3 is 0 Å². The van der Waals surface area contributed by atoms with Gasteiger partial charge in [-0.3, -0.25) is 9.69 Å². The Morgan fingerprint density at radius 3 is 2.36 bits per heavy atom. The molecule has 1 fully saturated rings. The summed E-state index contributed by atoms with van der Waals surface area (Å²) in [6.45, 7) is 8.76. The van der Waals surface area contributed by atoms with Crippen LogP contribution in [0.15, 0.2) is 0 Å². The molecule has 1 N–H and O–H groups in total. The number of aliphatic hydroxyl groups excluding tert-OH is 1. The molecule has 1 aliphatic heterocycles. The van der Waals surface area contributed by atoms with E-state index in [4.69, 9.17) is 0 Å². The molecule has 0 aromatic heterocycles. The van der Waals surface area contributed by atoms with E-state index in [1.807, 2.05) is 13.8 Å². The van der Waals surface area contributed by atoms with Gasteiger partial charge in [-0.2, -0.15) is 0 Å². The van der Waals surface area contributed by atoms with Gasteiger partial charge < -0.3 is 5.11 Å². The van der Waals surface area contributed by atoms with Crippen LogP contribution < -0.4 is 0 Å². The van der Waals surface area contributed by atoms with Crippen molar-refractivity contribution in [2.24, 2.45) is 5.92 Å². The van der Waals surface area contributed by atoms with Crippen LogP contribution in [0.1, 0.15) is 34.1 Å². The molecule has 14 heavy (non-hydrogen) atoms. The first kappa shape index (κ1) is 11.7. The number of hydrogen-bond acceptors (Lipinski definition) is 3. The zero-order valence-corrected chi connectivity index (χ0v) is 9.53. The summed E-state index contributed by atoms with van der Waals surface area (Å²) >= 11 is 0. The highest BCUT2D eigenvalue weighted by atomic mass is 16.3. The second-order valence-corrected chi connectivity index (χ2v) is 4.69. The van der Waals surface area contributed by atoms with Crippen LogP contribution in [-0.2, 0) is 4.79 Å². The largest absolute Gasteiger partial charge is 0.391 e. The summed E-state index contributed by atoms with van der Waals surface area (Å²) in [5.41, 5.74) is 0. The number of aliphatic hydroxyl groups is 1. The first-order valence-electron chi connectivity index (χ1n) is 5.42. The van der Waals surface area contributed by atoms with Crippen molar-refractivity contribution >= 4 is 5.78 Å². The second kappa shape index (κ2) is 4.41. The molecule has 3 heteroatoms. The lowest BCUT2D eigenvalue weighted by molar-refractivity contribution is -0.129. The Morgan fingerprint density at radius 2 is 1.93 bits per heavy atom. The normalized spacial score (nSPS) is 29.1. The molecule has 2 unspecified atom stereocenters. The fraction of sp³-hybridized carbons (Fsp3) is 0.909. The second-order valence-electron chi connectivity index (χ2n) is 4.69. The van der Waals surface area contributed by atoms with Crippen molar-refractivity contribution in [1.29, 1.82) is 0 Å². The summed E-state index contributed by atoms with van der Waals surface area (Å²) < 4.78 is 0. The molecule has 1 aliphatic rings. The van der Waals surface area contributed by atoms with E-state index < -0.39 is 6.10 Å². The summed E-state index contributed by atoms with van der Waals surface area (Å²) in [4.78, 5) is 14.0. The van der Waals surface area contributed by atoms with E-state index in [0.717, 1.165) is 13.0 Å². The van der Waals surface area contributed by atoms with Crippen LogP contribution >= 0.6 is 0 Å². The number of nitrogens with zero attached hydrogens (tertiary/aromatic N) is 1. The third kappa shape index (κ3) is 2.15. The molecule has 0 radical (unpaired) electrons. The van der Waals surface area contributed by atoms with Crippen molar-refractivity contribution in [2.45, 2.75) is 52.3 Å². The molecule has 1 saturated heterocycles. The van der Waals surface area contributed by atoms with Crippen LogP contribution in [0.4, 0.5) is 0 Å². The monoisotopic (exact) mass is 199 g/mol. The molecule has 82 valence electrons. The van der Waals surface area contributed by atoms with Gasteiger partial charge in [0.25, 0.3) is 0 Å². The van der Waals surface area contributed by atoms with Crippen molar-refractivity contribution in [3.05, 3.63) is 0 Å². The van der Waals surface area contributed by atoms with Gasteiger partial charge in [-0.15, -0.1) is 0 Å².